The molecule has 0 aliphatic rings. The molecule has 0 bridgehead atoms. The summed E-state index contributed by atoms with van der Waals surface area (Å²) in [7, 11) is 1.63. The molecule has 78 valence electrons. The van der Waals surface area contributed by atoms with E-state index >= 15 is 0 Å². The Labute approximate surface area is 82.6 Å². The maximum Gasteiger partial charge on any atom is 0.169 e. The van der Waals surface area contributed by atoms with E-state index in [1.165, 1.54) is 0 Å². The summed E-state index contributed by atoms with van der Waals surface area (Å²) in [6.45, 7) is 2.48. The quantitative estimate of drug-likeness (QED) is 0.469. The van der Waals surface area contributed by atoms with E-state index in [1.54, 1.807) is 19.6 Å². The van der Waals surface area contributed by atoms with Gasteiger partial charge in [0.2, 0.25) is 0 Å². The third-order valence-corrected chi connectivity index (χ3v) is 1.70. The number of ether oxygens (including phenoxy) is 2. The van der Waals surface area contributed by atoms with E-state index in [9.17, 15) is 4.79 Å². The molecule has 0 saturated heterocycles. The summed E-state index contributed by atoms with van der Waals surface area (Å²) in [4.78, 5) is 14.2. The van der Waals surface area contributed by atoms with E-state index in [0.717, 1.165) is 6.29 Å². The maximum atomic E-state index is 10.3. The lowest BCUT2D eigenvalue weighted by Crippen LogP contribution is -2.08. The van der Waals surface area contributed by atoms with Crippen molar-refractivity contribution in [1.82, 2.24) is 9.55 Å². The Kier molecular flexibility index (Phi) is 4.88. The van der Waals surface area contributed by atoms with Crippen LogP contribution < -0.4 is 0 Å². The lowest BCUT2D eigenvalue weighted by atomic mass is 10.5. The van der Waals surface area contributed by atoms with Gasteiger partial charge in [-0.2, -0.15) is 0 Å². The van der Waals surface area contributed by atoms with E-state index < -0.39 is 0 Å². The van der Waals surface area contributed by atoms with Gasteiger partial charge in [-0.15, -0.1) is 0 Å². The zero-order valence-electron chi connectivity index (χ0n) is 8.18. The third-order valence-electron chi connectivity index (χ3n) is 1.70. The Balaban J connectivity index is 2.14. The van der Waals surface area contributed by atoms with Crippen molar-refractivity contribution in [3.8, 4) is 0 Å². The second-order valence-corrected chi connectivity index (χ2v) is 2.76. The van der Waals surface area contributed by atoms with Gasteiger partial charge >= 0.3 is 0 Å². The van der Waals surface area contributed by atoms with Gasteiger partial charge in [0.15, 0.2) is 6.29 Å². The molecule has 0 fully saturated rings. The van der Waals surface area contributed by atoms with Gasteiger partial charge in [-0.25, -0.2) is 4.98 Å². The van der Waals surface area contributed by atoms with Gasteiger partial charge in [-0.05, 0) is 0 Å². The predicted octanol–water partition coefficient (Wildman–Crippen LogP) is 0.359. The molecule has 0 radical (unpaired) electrons. The summed E-state index contributed by atoms with van der Waals surface area (Å²) in [5, 5.41) is 0. The molecular weight excluding hydrogens is 184 g/mol. The smallest absolute Gasteiger partial charge is 0.169 e. The van der Waals surface area contributed by atoms with Gasteiger partial charge in [0.1, 0.15) is 5.69 Å². The highest BCUT2D eigenvalue weighted by molar-refractivity contribution is 5.70. The van der Waals surface area contributed by atoms with Crippen LogP contribution in [0.1, 0.15) is 10.5 Å². The Morgan fingerprint density at radius 1 is 1.50 bits per heavy atom. The second kappa shape index (κ2) is 6.28. The van der Waals surface area contributed by atoms with Crippen molar-refractivity contribution in [2.24, 2.45) is 0 Å². The molecule has 1 rings (SSSR count). The van der Waals surface area contributed by atoms with Crippen LogP contribution in [-0.4, -0.2) is 42.8 Å². The third kappa shape index (κ3) is 3.68. The molecule has 5 nitrogen and oxygen atoms in total. The van der Waals surface area contributed by atoms with Crippen molar-refractivity contribution >= 4 is 6.29 Å². The average molecular weight is 198 g/mol. The molecule has 1 aromatic heterocycles. The number of rotatable bonds is 7. The largest absolute Gasteiger partial charge is 0.382 e. The fourth-order valence-corrected chi connectivity index (χ4v) is 0.975. The van der Waals surface area contributed by atoms with Crippen molar-refractivity contribution in [3.63, 3.8) is 0 Å². The van der Waals surface area contributed by atoms with Gasteiger partial charge < -0.3 is 14.0 Å². The molecule has 1 aromatic rings. The normalized spacial score (nSPS) is 10.4. The number of hydrogen-bond donors (Lipinski definition) is 0. The lowest BCUT2D eigenvalue weighted by Gasteiger charge is -2.03. The molecule has 0 aromatic carbocycles. The zero-order chi connectivity index (χ0) is 10.2. The highest BCUT2D eigenvalue weighted by Crippen LogP contribution is 1.92. The fourth-order valence-electron chi connectivity index (χ4n) is 0.975. The molecule has 0 aliphatic heterocycles. The lowest BCUT2D eigenvalue weighted by molar-refractivity contribution is 0.0666. The average Bonchev–Trinajstić information content (AvgIpc) is 2.65. The molecule has 0 aliphatic carbocycles. The van der Waals surface area contributed by atoms with E-state index in [-0.39, 0.29) is 0 Å². The van der Waals surface area contributed by atoms with Crippen LogP contribution in [0.15, 0.2) is 12.5 Å². The van der Waals surface area contributed by atoms with Crippen LogP contribution >= 0.6 is 0 Å². The highest BCUT2D eigenvalue weighted by Gasteiger charge is 1.96. The van der Waals surface area contributed by atoms with Crippen molar-refractivity contribution in [1.29, 1.82) is 0 Å². The van der Waals surface area contributed by atoms with Crippen LogP contribution in [0.5, 0.6) is 0 Å². The number of aromatic nitrogens is 2. The topological polar surface area (TPSA) is 53.4 Å². The molecule has 1 heterocycles. The van der Waals surface area contributed by atoms with Crippen LogP contribution in [0.3, 0.4) is 0 Å². The number of aldehydes is 1. The first kappa shape index (κ1) is 10.9. The first-order valence-electron chi connectivity index (χ1n) is 4.40. The maximum absolute atomic E-state index is 10.3. The number of methoxy groups -OCH3 is 1. The summed E-state index contributed by atoms with van der Waals surface area (Å²) >= 11 is 0. The first-order chi connectivity index (χ1) is 6.86. The Morgan fingerprint density at radius 3 is 3.00 bits per heavy atom. The fraction of sp³-hybridized carbons (Fsp3) is 0.556. The molecule has 0 atom stereocenters. The molecule has 0 amide bonds. The number of carbonyl (C=O) groups is 1. The Morgan fingerprint density at radius 2 is 2.36 bits per heavy atom. The number of hydrogen-bond acceptors (Lipinski definition) is 4. The van der Waals surface area contributed by atoms with Crippen LogP contribution in [0.2, 0.25) is 0 Å². The van der Waals surface area contributed by atoms with Crippen LogP contribution in [-0.2, 0) is 16.0 Å². The van der Waals surface area contributed by atoms with Gasteiger partial charge in [-0.3, -0.25) is 4.79 Å². The van der Waals surface area contributed by atoms with Crippen LogP contribution in [0, 0.1) is 0 Å². The molecule has 0 spiro atoms. The summed E-state index contributed by atoms with van der Waals surface area (Å²) in [6.07, 6.45) is 4.03. The van der Waals surface area contributed by atoms with Crippen molar-refractivity contribution in [3.05, 3.63) is 18.2 Å². The first-order valence-corrected chi connectivity index (χ1v) is 4.40. The van der Waals surface area contributed by atoms with Crippen molar-refractivity contribution in [2.75, 3.05) is 26.9 Å². The summed E-state index contributed by atoms with van der Waals surface area (Å²) in [5.41, 5.74) is 0.446. The minimum atomic E-state index is 0.446. The van der Waals surface area contributed by atoms with E-state index in [1.807, 2.05) is 4.57 Å². The summed E-state index contributed by atoms with van der Waals surface area (Å²) < 4.78 is 11.9. The van der Waals surface area contributed by atoms with Crippen molar-refractivity contribution < 1.29 is 14.3 Å². The highest BCUT2D eigenvalue weighted by atomic mass is 16.5. The van der Waals surface area contributed by atoms with Gasteiger partial charge in [0.25, 0.3) is 0 Å². The van der Waals surface area contributed by atoms with Gasteiger partial charge in [0, 0.05) is 19.9 Å². The minimum Gasteiger partial charge on any atom is -0.382 e. The van der Waals surface area contributed by atoms with Crippen molar-refractivity contribution in [2.45, 2.75) is 6.54 Å². The zero-order valence-corrected chi connectivity index (χ0v) is 8.18. The Hall–Kier alpha value is -1.20. The standard InChI is InChI=1S/C9H14N2O3/c1-13-4-5-14-3-2-11-6-9(7-12)10-8-11/h6-8H,2-5H2,1H3. The van der Waals surface area contributed by atoms with Crippen LogP contribution in [0.4, 0.5) is 0 Å². The minimum absolute atomic E-state index is 0.446. The summed E-state index contributed by atoms with van der Waals surface area (Å²) in [5.74, 6) is 0. The second-order valence-electron chi connectivity index (χ2n) is 2.76. The number of carbonyl (C=O) groups excluding carboxylic acids is 1. The molecule has 0 unspecified atom stereocenters. The van der Waals surface area contributed by atoms with E-state index in [4.69, 9.17) is 9.47 Å². The molecular formula is C9H14N2O3. The molecule has 0 N–H and O–H groups in total. The molecule has 14 heavy (non-hydrogen) atoms. The molecule has 5 heteroatoms. The van der Waals surface area contributed by atoms with E-state index in [2.05, 4.69) is 4.98 Å². The Bertz CT molecular complexity index is 273. The summed E-state index contributed by atoms with van der Waals surface area (Å²) in [6, 6.07) is 0. The molecule has 0 saturated carbocycles. The van der Waals surface area contributed by atoms with Gasteiger partial charge in [-0.1, -0.05) is 0 Å². The number of nitrogens with zero attached hydrogens (tertiary/aromatic N) is 2. The van der Waals surface area contributed by atoms with Gasteiger partial charge in [0.05, 0.1) is 26.1 Å². The predicted molar refractivity (Wildman–Crippen MR) is 50.3 cm³/mol. The van der Waals surface area contributed by atoms with E-state index in [0.29, 0.717) is 32.1 Å². The SMILES string of the molecule is COCCOCCn1cnc(C=O)c1. The van der Waals surface area contributed by atoms with Crippen LogP contribution in [0.25, 0.3) is 0 Å². The number of imidazole rings is 1. The monoisotopic (exact) mass is 198 g/mol.